The van der Waals surface area contributed by atoms with Crippen molar-refractivity contribution in [3.8, 4) is 0 Å². The first-order valence-electron chi connectivity index (χ1n) is 35.7. The van der Waals surface area contributed by atoms with Crippen LogP contribution in [0.1, 0.15) is 175 Å². The maximum atomic E-state index is 15.3. The van der Waals surface area contributed by atoms with Crippen LogP contribution in [0.15, 0.2) is 0 Å². The Kier molecular flexibility index (Phi) is 29.9. The van der Waals surface area contributed by atoms with Crippen LogP contribution in [0.2, 0.25) is 0 Å². The minimum absolute atomic E-state index is 0.00717. The summed E-state index contributed by atoms with van der Waals surface area (Å²) in [5, 5.41) is 7.48. The van der Waals surface area contributed by atoms with E-state index in [4.69, 9.17) is 16.3 Å². The Morgan fingerprint density at radius 2 is 1.22 bits per heavy atom. The molecule has 3 aliphatic heterocycles. The normalized spacial score (nSPS) is 29.4. The average molecular weight is 1410 g/mol. The highest BCUT2D eigenvalue weighted by atomic mass is 35.5. The van der Waals surface area contributed by atoms with Crippen molar-refractivity contribution in [1.29, 1.82) is 0 Å². The third-order valence-corrected chi connectivity index (χ3v) is 22.2. The number of alkyl halides is 4. The first kappa shape index (κ1) is 80.7. The van der Waals surface area contributed by atoms with Gasteiger partial charge in [-0.2, -0.15) is 13.2 Å². The number of likely N-dealkylation sites (tertiary alicyclic amines) is 1. The van der Waals surface area contributed by atoms with E-state index in [9.17, 15) is 56.3 Å². The fraction of sp³-hybridized carbons (Fsp3) is 0.826. The molecule has 0 bridgehead atoms. The number of carbonyl (C=O) groups is 12. The standard InChI is InChI=1S/C69H112ClF3N12O13/c1-13-44(4)59-66(96)79(7)40-57(88)77(5)41-58(89)81(9)52(37-45-23-16-14-17-24-45)63(93)78(6)39-55(86)74-49(29-27-46-26-28-47(48(70)36-46)69(71,72)73)62(92)85-34-22-25-50(85)61(91)76-68(30-18-19-31-68)67(97)83(11)54(42-98-12)64(94)82(10)53(65(95)84-32-20-15-21-33-84)38-56(87)80(8)51(35-43(2)3)60(90)75-59/h43-54,59H,13-42H2,1-12H3,(H,74,86)(H,75,90)(H,76,91)/t44-,46?,47?,48?,49-,50-,51-,52-,53-,54-,59-/m0/s1. The molecular formula is C69H112ClF3N12O13. The SMILES string of the molecule is CC[C@H](C)[C@@H]1NC(=O)[C@H](CC(C)C)N(C)C(=O)C[C@@H](C(=O)N2CCCCC2)N(C)C(=O)[C@H](COC)N(C)C(=O)C2(CCCC2)NC(=O)[C@@H]2CCCN2C(=O)[C@H](CCC2CCC(C(F)(F)F)C(Cl)C2)NC(=O)CN(C)C(=O)[C@H](CC2CCCCC2)N(C)C(=O)CN(C)C(=O)CN(C)C1=O. The van der Waals surface area contributed by atoms with Crippen LogP contribution >= 0.6 is 11.6 Å². The lowest BCUT2D eigenvalue weighted by molar-refractivity contribution is -0.182. The van der Waals surface area contributed by atoms with Gasteiger partial charge in [0.25, 0.3) is 0 Å². The molecule has 3 saturated carbocycles. The van der Waals surface area contributed by atoms with Gasteiger partial charge in [-0.15, -0.1) is 11.6 Å². The molecule has 0 radical (unpaired) electrons. The molecule has 12 amide bonds. The Morgan fingerprint density at radius 1 is 0.612 bits per heavy atom. The van der Waals surface area contributed by atoms with Crippen LogP contribution in [0.5, 0.6) is 0 Å². The van der Waals surface area contributed by atoms with Crippen molar-refractivity contribution in [2.24, 2.45) is 29.6 Å². The van der Waals surface area contributed by atoms with Gasteiger partial charge in [-0.3, -0.25) is 57.5 Å². The minimum Gasteiger partial charge on any atom is -0.382 e. The molecule has 1 spiro atoms. The highest BCUT2D eigenvalue weighted by molar-refractivity contribution is 6.21. The fourth-order valence-corrected chi connectivity index (χ4v) is 15.8. The summed E-state index contributed by atoms with van der Waals surface area (Å²) in [5.74, 6) is -10.7. The first-order chi connectivity index (χ1) is 46.2. The van der Waals surface area contributed by atoms with Gasteiger partial charge in [0.2, 0.25) is 70.9 Å². The Labute approximate surface area is 582 Å². The summed E-state index contributed by atoms with van der Waals surface area (Å²) in [7, 11) is 11.1. The highest BCUT2D eigenvalue weighted by Gasteiger charge is 2.51. The first-order valence-corrected chi connectivity index (χ1v) is 36.1. The van der Waals surface area contributed by atoms with Crippen LogP contribution < -0.4 is 16.0 Å². The van der Waals surface area contributed by atoms with Crippen molar-refractivity contribution in [2.45, 2.75) is 235 Å². The molecule has 554 valence electrons. The summed E-state index contributed by atoms with van der Waals surface area (Å²) in [5.41, 5.74) is -1.61. The summed E-state index contributed by atoms with van der Waals surface area (Å²) < 4.78 is 47.5. The summed E-state index contributed by atoms with van der Waals surface area (Å²) in [6, 6.07) is -8.92. The molecule has 3 aliphatic carbocycles. The number of carbonyl (C=O) groups excluding carboxylic acids is 12. The number of likely N-dealkylation sites (N-methyl/N-ethyl adjacent to an activating group) is 7. The number of fused-ring (bicyclic) bond motifs is 1. The molecule has 6 aliphatic rings. The van der Waals surface area contributed by atoms with E-state index in [0.29, 0.717) is 51.6 Å². The quantitative estimate of drug-likeness (QED) is 0.227. The number of hydrogen-bond donors (Lipinski definition) is 3. The van der Waals surface area contributed by atoms with Gasteiger partial charge in [0.15, 0.2) is 0 Å². The van der Waals surface area contributed by atoms with Crippen molar-refractivity contribution in [2.75, 3.05) is 102 Å². The molecule has 6 fully saturated rings. The van der Waals surface area contributed by atoms with E-state index in [2.05, 4.69) is 16.0 Å². The fourth-order valence-electron chi connectivity index (χ4n) is 15.2. The molecule has 11 atom stereocenters. The third kappa shape index (κ3) is 20.7. The van der Waals surface area contributed by atoms with Crippen molar-refractivity contribution < 1.29 is 75.4 Å². The molecule has 0 aromatic rings. The second-order valence-corrected chi connectivity index (χ2v) is 29.9. The number of nitrogens with zero attached hydrogens (tertiary/aromatic N) is 9. The van der Waals surface area contributed by atoms with E-state index in [1.165, 1.54) is 76.0 Å². The van der Waals surface area contributed by atoms with Crippen LogP contribution in [0.3, 0.4) is 0 Å². The van der Waals surface area contributed by atoms with Gasteiger partial charge in [0.05, 0.1) is 38.6 Å². The highest BCUT2D eigenvalue weighted by Crippen LogP contribution is 2.44. The number of hydrogen-bond acceptors (Lipinski definition) is 13. The monoisotopic (exact) mass is 1410 g/mol. The molecule has 29 heteroatoms. The van der Waals surface area contributed by atoms with Gasteiger partial charge < -0.3 is 64.8 Å². The Morgan fingerprint density at radius 3 is 1.83 bits per heavy atom. The number of ether oxygens (including phenoxy) is 1. The lowest BCUT2D eigenvalue weighted by Gasteiger charge is -2.40. The number of piperidine rings is 1. The zero-order valence-electron chi connectivity index (χ0n) is 60.1. The average Bonchev–Trinajstić information content (AvgIpc) is 1.42. The van der Waals surface area contributed by atoms with Crippen LogP contribution in [-0.2, 0) is 62.3 Å². The van der Waals surface area contributed by atoms with Gasteiger partial charge in [-0.1, -0.05) is 79.1 Å². The van der Waals surface area contributed by atoms with Crippen molar-refractivity contribution in [3.63, 3.8) is 0 Å². The van der Waals surface area contributed by atoms with Gasteiger partial charge in [-0.05, 0) is 114 Å². The van der Waals surface area contributed by atoms with Gasteiger partial charge in [0.1, 0.15) is 47.8 Å². The minimum atomic E-state index is -4.51. The third-order valence-electron chi connectivity index (χ3n) is 21.8. The van der Waals surface area contributed by atoms with Crippen LogP contribution in [0.25, 0.3) is 0 Å². The summed E-state index contributed by atoms with van der Waals surface area (Å²) >= 11 is 6.38. The molecular weight excluding hydrogens is 1300 g/mol. The molecule has 0 aromatic carbocycles. The van der Waals surface area contributed by atoms with Crippen LogP contribution in [-0.4, -0.2) is 277 Å². The van der Waals surface area contributed by atoms with Crippen molar-refractivity contribution in [1.82, 2.24) is 60.0 Å². The van der Waals surface area contributed by atoms with E-state index < -0.39 is 168 Å². The van der Waals surface area contributed by atoms with E-state index in [0.717, 1.165) is 58.1 Å². The molecule has 0 aromatic heterocycles. The number of methoxy groups -OCH3 is 1. The summed E-state index contributed by atoms with van der Waals surface area (Å²) in [6.07, 6.45) is 3.96. The second-order valence-electron chi connectivity index (χ2n) is 29.4. The predicted octanol–water partition coefficient (Wildman–Crippen LogP) is 4.55. The van der Waals surface area contributed by atoms with E-state index in [1.54, 1.807) is 11.8 Å². The molecule has 3 unspecified atom stereocenters. The van der Waals surface area contributed by atoms with Crippen LogP contribution in [0.4, 0.5) is 13.2 Å². The number of nitrogens with one attached hydrogen (secondary N) is 3. The smallest absolute Gasteiger partial charge is 0.382 e. The predicted molar refractivity (Wildman–Crippen MR) is 360 cm³/mol. The Hall–Kier alpha value is -6.32. The number of halogens is 4. The maximum Gasteiger partial charge on any atom is 0.393 e. The van der Waals surface area contributed by atoms with Crippen molar-refractivity contribution >= 4 is 82.5 Å². The maximum absolute atomic E-state index is 15.3. The molecule has 3 N–H and O–H groups in total. The zero-order valence-corrected chi connectivity index (χ0v) is 60.8. The zero-order chi connectivity index (χ0) is 72.7. The molecule has 3 heterocycles. The largest absolute Gasteiger partial charge is 0.393 e. The van der Waals surface area contributed by atoms with Gasteiger partial charge in [-0.25, -0.2) is 0 Å². The lowest BCUT2D eigenvalue weighted by atomic mass is 9.78. The van der Waals surface area contributed by atoms with E-state index >= 15 is 14.4 Å². The Bertz CT molecular complexity index is 2820. The number of rotatable bonds is 12. The topological polar surface area (TPSA) is 279 Å². The summed E-state index contributed by atoms with van der Waals surface area (Å²) in [4.78, 5) is 189. The Balaban J connectivity index is 1.40. The van der Waals surface area contributed by atoms with Crippen molar-refractivity contribution in [3.05, 3.63) is 0 Å². The van der Waals surface area contributed by atoms with E-state index in [-0.39, 0.29) is 95.1 Å². The van der Waals surface area contributed by atoms with Crippen LogP contribution in [0, 0.1) is 29.6 Å². The summed E-state index contributed by atoms with van der Waals surface area (Å²) in [6.45, 7) is 6.02. The molecule has 98 heavy (non-hydrogen) atoms. The molecule has 6 rings (SSSR count). The van der Waals surface area contributed by atoms with E-state index in [1.807, 2.05) is 20.8 Å². The molecule has 3 saturated heterocycles. The van der Waals surface area contributed by atoms with Gasteiger partial charge in [0, 0.05) is 81.5 Å². The lowest BCUT2D eigenvalue weighted by Crippen LogP contribution is -2.65. The van der Waals surface area contributed by atoms with Gasteiger partial charge >= 0.3 is 6.18 Å². The molecule has 25 nitrogen and oxygen atoms in total. The number of amides is 12. The second kappa shape index (κ2) is 36.3.